The fourth-order valence-electron chi connectivity index (χ4n) is 6.91. The molecular formula is C28H38N4O7. The lowest BCUT2D eigenvalue weighted by Gasteiger charge is -2.55. The first-order valence-electron chi connectivity index (χ1n) is 13.1. The summed E-state index contributed by atoms with van der Waals surface area (Å²) in [7, 11) is 6.89. The van der Waals surface area contributed by atoms with Crippen molar-refractivity contribution in [3.8, 4) is 5.75 Å². The number of ketones is 2. The van der Waals surface area contributed by atoms with E-state index in [0.29, 0.717) is 25.2 Å². The molecule has 0 fully saturated rings. The second-order valence-electron chi connectivity index (χ2n) is 11.3. The summed E-state index contributed by atoms with van der Waals surface area (Å²) in [5.74, 6) is -6.01. The van der Waals surface area contributed by atoms with Gasteiger partial charge in [-0.3, -0.25) is 19.3 Å². The monoisotopic (exact) mass is 542 g/mol. The van der Waals surface area contributed by atoms with E-state index in [1.807, 2.05) is 32.8 Å². The number of nitrogens with two attached hydrogens (primary N) is 1. The fourth-order valence-corrected chi connectivity index (χ4v) is 6.91. The number of nitrogens with zero attached hydrogens (tertiary/aromatic N) is 3. The Morgan fingerprint density at radius 1 is 1.08 bits per heavy atom. The molecule has 4 atom stereocenters. The first kappa shape index (κ1) is 28.6. The lowest BCUT2D eigenvalue weighted by molar-refractivity contribution is -0.151. The van der Waals surface area contributed by atoms with Crippen LogP contribution in [0.4, 0.5) is 5.69 Å². The van der Waals surface area contributed by atoms with Crippen molar-refractivity contribution in [2.75, 3.05) is 52.7 Å². The summed E-state index contributed by atoms with van der Waals surface area (Å²) in [6.07, 6.45) is 0.248. The molecule has 0 saturated heterocycles. The van der Waals surface area contributed by atoms with E-state index < -0.39 is 57.5 Å². The fraction of sp³-hybridized carbons (Fsp3) is 0.536. The van der Waals surface area contributed by atoms with Crippen LogP contribution < -0.4 is 10.6 Å². The molecular weight excluding hydrogens is 504 g/mol. The molecule has 1 aromatic carbocycles. The van der Waals surface area contributed by atoms with Gasteiger partial charge in [0.1, 0.15) is 22.8 Å². The van der Waals surface area contributed by atoms with Gasteiger partial charge in [0.05, 0.1) is 11.6 Å². The maximum Gasteiger partial charge on any atom is 0.255 e. The highest BCUT2D eigenvalue weighted by atomic mass is 16.3. The SMILES string of the molecule is CCN(CC)C[C@@]12Cc3c(N(C)C)ccc(O)c3C(=O)C1=C(O)[C@]1(O)C(=O)C(C(N)=O)=C(O)[C@@H](N(C)C)[C@@H]1C2. The minimum absolute atomic E-state index is 0.000837. The smallest absolute Gasteiger partial charge is 0.255 e. The minimum Gasteiger partial charge on any atom is -0.510 e. The van der Waals surface area contributed by atoms with Crippen LogP contribution in [-0.4, -0.2) is 107 Å². The summed E-state index contributed by atoms with van der Waals surface area (Å²) in [5.41, 5.74) is 2.01. The second-order valence-corrected chi connectivity index (χ2v) is 11.3. The minimum atomic E-state index is -2.68. The lowest BCUT2D eigenvalue weighted by atomic mass is 9.52. The van der Waals surface area contributed by atoms with Crippen molar-refractivity contribution in [3.05, 3.63) is 45.9 Å². The first-order valence-corrected chi connectivity index (χ1v) is 13.1. The predicted molar refractivity (Wildman–Crippen MR) is 145 cm³/mol. The third-order valence-corrected chi connectivity index (χ3v) is 8.71. The summed E-state index contributed by atoms with van der Waals surface area (Å²) >= 11 is 0. The number of rotatable bonds is 7. The number of hydrogen-bond donors (Lipinski definition) is 5. The first-order chi connectivity index (χ1) is 18.2. The van der Waals surface area contributed by atoms with Crippen LogP contribution in [0.25, 0.3) is 0 Å². The van der Waals surface area contributed by atoms with Crippen molar-refractivity contribution >= 4 is 23.2 Å². The Kier molecular flexibility index (Phi) is 7.08. The van der Waals surface area contributed by atoms with Gasteiger partial charge in [-0.15, -0.1) is 0 Å². The van der Waals surface area contributed by atoms with Gasteiger partial charge in [0.25, 0.3) is 5.91 Å². The number of aliphatic hydroxyl groups excluding tert-OH is 2. The molecule has 0 saturated carbocycles. The molecule has 212 valence electrons. The van der Waals surface area contributed by atoms with E-state index in [-0.39, 0.29) is 29.7 Å². The average Bonchev–Trinajstić information content (AvgIpc) is 2.84. The van der Waals surface area contributed by atoms with Crippen LogP contribution in [0, 0.1) is 11.3 Å². The summed E-state index contributed by atoms with van der Waals surface area (Å²) in [4.78, 5) is 45.6. The highest BCUT2D eigenvalue weighted by molar-refractivity contribution is 6.25. The Hall–Kier alpha value is -3.41. The van der Waals surface area contributed by atoms with E-state index in [0.717, 1.165) is 5.69 Å². The lowest BCUT2D eigenvalue weighted by Crippen LogP contribution is -2.66. The normalized spacial score (nSPS) is 28.5. The van der Waals surface area contributed by atoms with E-state index in [9.17, 15) is 34.8 Å². The van der Waals surface area contributed by atoms with Crippen LogP contribution in [0.1, 0.15) is 36.2 Å². The predicted octanol–water partition coefficient (Wildman–Crippen LogP) is 0.899. The molecule has 11 heteroatoms. The Balaban J connectivity index is 2.10. The summed E-state index contributed by atoms with van der Waals surface area (Å²) in [6.45, 7) is 5.52. The van der Waals surface area contributed by atoms with Crippen molar-refractivity contribution in [1.29, 1.82) is 0 Å². The molecule has 6 N–H and O–H groups in total. The third kappa shape index (κ3) is 3.94. The van der Waals surface area contributed by atoms with Gasteiger partial charge in [-0.05, 0) is 57.7 Å². The van der Waals surface area contributed by atoms with E-state index in [1.165, 1.54) is 6.07 Å². The van der Waals surface area contributed by atoms with Gasteiger partial charge >= 0.3 is 0 Å². The molecule has 0 unspecified atom stereocenters. The van der Waals surface area contributed by atoms with Crippen LogP contribution in [0.15, 0.2) is 34.8 Å². The number of Topliss-reactive ketones (excluding diaryl/α,β-unsaturated/α-hetero) is 2. The Morgan fingerprint density at radius 3 is 2.21 bits per heavy atom. The largest absolute Gasteiger partial charge is 0.510 e. The number of phenols is 1. The quantitative estimate of drug-likeness (QED) is 0.312. The topological polar surface area (TPSA) is 168 Å². The van der Waals surface area contributed by atoms with Crippen molar-refractivity contribution in [2.45, 2.75) is 38.3 Å². The van der Waals surface area contributed by atoms with Gasteiger partial charge in [0, 0.05) is 43.2 Å². The standard InChI is InChI=1S/C28H38N4O7/c1-7-32(8-2)13-27-11-14-16(30(3)4)9-10-17(33)18(14)22(34)20(27)25(37)28(39)15(12-27)21(31(5)6)23(35)19(24(28)36)26(29)38/h9-10,15,21,33,35,37,39H,7-8,11-13H2,1-6H3,(H2,29,38)/t15-,21-,27-,28+/m0/s1. The molecule has 0 radical (unpaired) electrons. The van der Waals surface area contributed by atoms with Gasteiger partial charge in [0.15, 0.2) is 11.4 Å². The molecule has 0 heterocycles. The molecule has 4 rings (SSSR count). The molecule has 1 aromatic rings. The third-order valence-electron chi connectivity index (χ3n) is 8.71. The van der Waals surface area contributed by atoms with Gasteiger partial charge < -0.3 is 36.0 Å². The zero-order valence-corrected chi connectivity index (χ0v) is 23.3. The van der Waals surface area contributed by atoms with Crippen LogP contribution in [0.3, 0.4) is 0 Å². The number of phenolic OH excluding ortho intramolecular Hbond substituents is 1. The number of anilines is 1. The van der Waals surface area contributed by atoms with Crippen molar-refractivity contribution < 1.29 is 34.8 Å². The molecule has 11 nitrogen and oxygen atoms in total. The van der Waals surface area contributed by atoms with Gasteiger partial charge in [0.2, 0.25) is 5.78 Å². The number of carbonyl (C=O) groups excluding carboxylic acids is 3. The molecule has 0 aliphatic heterocycles. The molecule has 0 spiro atoms. The van der Waals surface area contributed by atoms with E-state index in [4.69, 9.17) is 5.73 Å². The number of amides is 1. The van der Waals surface area contributed by atoms with E-state index in [1.54, 1.807) is 25.1 Å². The Bertz CT molecular complexity index is 1310. The number of benzene rings is 1. The zero-order valence-electron chi connectivity index (χ0n) is 23.3. The second kappa shape index (κ2) is 9.65. The number of primary amides is 1. The number of fused-ring (bicyclic) bond motifs is 3. The number of likely N-dealkylation sites (N-methyl/N-ethyl adjacent to an activating group) is 1. The molecule has 0 bridgehead atoms. The van der Waals surface area contributed by atoms with Crippen molar-refractivity contribution in [3.63, 3.8) is 0 Å². The molecule has 3 aliphatic carbocycles. The highest BCUT2D eigenvalue weighted by Crippen LogP contribution is 2.58. The van der Waals surface area contributed by atoms with E-state index >= 15 is 0 Å². The molecule has 39 heavy (non-hydrogen) atoms. The summed E-state index contributed by atoms with van der Waals surface area (Å²) < 4.78 is 0. The number of aromatic hydroxyl groups is 1. The highest BCUT2D eigenvalue weighted by Gasteiger charge is 2.66. The van der Waals surface area contributed by atoms with Gasteiger partial charge in [-0.2, -0.15) is 0 Å². The van der Waals surface area contributed by atoms with Crippen molar-refractivity contribution in [2.24, 2.45) is 17.1 Å². The van der Waals surface area contributed by atoms with Crippen molar-refractivity contribution in [1.82, 2.24) is 9.80 Å². The number of hydrogen-bond acceptors (Lipinski definition) is 10. The van der Waals surface area contributed by atoms with Crippen LogP contribution >= 0.6 is 0 Å². The maximum atomic E-state index is 14.2. The average molecular weight is 543 g/mol. The molecule has 0 aromatic heterocycles. The van der Waals surface area contributed by atoms with E-state index in [2.05, 4.69) is 4.90 Å². The van der Waals surface area contributed by atoms with Crippen LogP contribution in [0.2, 0.25) is 0 Å². The Morgan fingerprint density at radius 2 is 1.69 bits per heavy atom. The zero-order chi connectivity index (χ0) is 29.2. The van der Waals surface area contributed by atoms with Crippen LogP contribution in [0.5, 0.6) is 5.75 Å². The molecule has 3 aliphatic rings. The van der Waals surface area contributed by atoms with Crippen LogP contribution in [-0.2, 0) is 16.0 Å². The summed E-state index contributed by atoms with van der Waals surface area (Å²) in [6, 6.07) is 2.07. The van der Waals surface area contributed by atoms with Gasteiger partial charge in [-0.1, -0.05) is 13.8 Å². The number of carbonyl (C=O) groups is 3. The summed E-state index contributed by atoms with van der Waals surface area (Å²) in [5, 5.41) is 45.7. The molecule has 1 amide bonds. The van der Waals surface area contributed by atoms with Gasteiger partial charge in [-0.25, -0.2) is 0 Å². The Labute approximate surface area is 227 Å². The number of aliphatic hydroxyl groups is 3. The maximum absolute atomic E-state index is 14.2.